The van der Waals surface area contributed by atoms with Crippen molar-refractivity contribution in [2.75, 3.05) is 7.05 Å². The third-order valence-corrected chi connectivity index (χ3v) is 5.61. The molecule has 0 N–H and O–H groups in total. The Bertz CT molecular complexity index is 606. The van der Waals surface area contributed by atoms with E-state index in [2.05, 4.69) is 39.6 Å². The number of rotatable bonds is 2. The number of carbonyl (C=O) groups excluding carboxylic acids is 1. The largest absolute Gasteiger partial charge is 0.410 e. The number of hydroxylamine groups is 2. The number of hydrogen-bond donors (Lipinski definition) is 0. The van der Waals surface area contributed by atoms with Crippen molar-refractivity contribution in [1.29, 1.82) is 0 Å². The third kappa shape index (κ3) is 1.44. The van der Waals surface area contributed by atoms with Crippen LogP contribution in [0.25, 0.3) is 0 Å². The number of hydrogen-bond acceptors (Lipinski definition) is 4. The van der Waals surface area contributed by atoms with Gasteiger partial charge in [-0.1, -0.05) is 30.3 Å². The van der Waals surface area contributed by atoms with E-state index in [1.165, 1.54) is 0 Å². The Labute approximate surface area is 125 Å². The second-order valence-corrected chi connectivity index (χ2v) is 6.81. The molecule has 0 bridgehead atoms. The molecule has 1 fully saturated rings. The maximum atomic E-state index is 11.7. The highest BCUT2D eigenvalue weighted by Gasteiger charge is 2.69. The van der Waals surface area contributed by atoms with Crippen LogP contribution >= 0.6 is 0 Å². The number of nitrogens with zero attached hydrogens (tertiary/aromatic N) is 2. The summed E-state index contributed by atoms with van der Waals surface area (Å²) in [5, 5.41) is 1.96. The minimum Gasteiger partial charge on any atom is -0.410 e. The van der Waals surface area contributed by atoms with Gasteiger partial charge < -0.3 is 4.84 Å². The zero-order chi connectivity index (χ0) is 15.5. The first-order chi connectivity index (χ1) is 9.81. The predicted octanol–water partition coefficient (Wildman–Crippen LogP) is 2.67. The molecule has 0 aromatic heterocycles. The standard InChI is InChI=1S/C17H22N2O2/c1-15(2)16(3,4)19-17(18(15)5,14(11-20)12-21-19)13-9-7-6-8-10-13/h6-12H,1-5H3. The molecule has 0 aliphatic carbocycles. The van der Waals surface area contributed by atoms with E-state index in [1.54, 1.807) is 6.26 Å². The molecule has 4 nitrogen and oxygen atoms in total. The van der Waals surface area contributed by atoms with Gasteiger partial charge in [-0.2, -0.15) is 0 Å². The molecular formula is C17H22N2O2. The van der Waals surface area contributed by atoms with Gasteiger partial charge in [0.05, 0.1) is 11.1 Å². The lowest BCUT2D eigenvalue weighted by molar-refractivity contribution is -0.195. The summed E-state index contributed by atoms with van der Waals surface area (Å²) in [5.41, 5.74) is 0.567. The van der Waals surface area contributed by atoms with Crippen molar-refractivity contribution in [2.24, 2.45) is 0 Å². The molecule has 2 heterocycles. The van der Waals surface area contributed by atoms with Crippen LogP contribution in [-0.2, 0) is 15.3 Å². The summed E-state index contributed by atoms with van der Waals surface area (Å²) in [5.74, 6) is 0. The fourth-order valence-corrected chi connectivity index (χ4v) is 3.57. The van der Waals surface area contributed by atoms with Gasteiger partial charge in [0.25, 0.3) is 0 Å². The van der Waals surface area contributed by atoms with Crippen LogP contribution in [-0.4, -0.2) is 34.4 Å². The fourth-order valence-electron chi connectivity index (χ4n) is 3.57. The molecule has 0 amide bonds. The lowest BCUT2D eigenvalue weighted by Gasteiger charge is -2.40. The van der Waals surface area contributed by atoms with Crippen molar-refractivity contribution in [2.45, 2.75) is 44.4 Å². The van der Waals surface area contributed by atoms with Crippen molar-refractivity contribution in [3.8, 4) is 0 Å². The molecular weight excluding hydrogens is 264 g/mol. The maximum absolute atomic E-state index is 11.7. The molecule has 4 heteroatoms. The average Bonchev–Trinajstić information content (AvgIpc) is 2.91. The summed E-state index contributed by atoms with van der Waals surface area (Å²) in [4.78, 5) is 19.8. The average molecular weight is 286 g/mol. The Kier molecular flexibility index (Phi) is 2.85. The van der Waals surface area contributed by atoms with E-state index in [0.717, 1.165) is 11.8 Å². The van der Waals surface area contributed by atoms with Crippen LogP contribution in [0.4, 0.5) is 0 Å². The Morgan fingerprint density at radius 1 is 1.05 bits per heavy atom. The van der Waals surface area contributed by atoms with Crippen LogP contribution in [0.2, 0.25) is 0 Å². The van der Waals surface area contributed by atoms with Crippen molar-refractivity contribution >= 4 is 6.29 Å². The molecule has 112 valence electrons. The smallest absolute Gasteiger partial charge is 0.167 e. The molecule has 1 aromatic rings. The van der Waals surface area contributed by atoms with Crippen molar-refractivity contribution < 1.29 is 9.63 Å². The van der Waals surface area contributed by atoms with Crippen LogP contribution in [0, 0.1) is 0 Å². The molecule has 0 saturated carbocycles. The lowest BCUT2D eigenvalue weighted by Crippen LogP contribution is -2.53. The zero-order valence-corrected chi connectivity index (χ0v) is 13.3. The second-order valence-electron chi connectivity index (χ2n) is 6.81. The molecule has 1 saturated heterocycles. The van der Waals surface area contributed by atoms with Crippen molar-refractivity contribution in [1.82, 2.24) is 9.96 Å². The first-order valence-corrected chi connectivity index (χ1v) is 7.23. The van der Waals surface area contributed by atoms with Crippen molar-refractivity contribution in [3.63, 3.8) is 0 Å². The van der Waals surface area contributed by atoms with Gasteiger partial charge in [-0.05, 0) is 40.3 Å². The van der Waals surface area contributed by atoms with E-state index in [9.17, 15) is 4.79 Å². The summed E-state index contributed by atoms with van der Waals surface area (Å²) in [6.07, 6.45) is 2.48. The molecule has 3 rings (SSSR count). The van der Waals surface area contributed by atoms with E-state index >= 15 is 0 Å². The third-order valence-electron chi connectivity index (χ3n) is 5.61. The SMILES string of the molecule is CN1C2(c3ccccc3)C(C=O)=CON2C(C)(C)C1(C)C. The minimum absolute atomic E-state index is 0.175. The van der Waals surface area contributed by atoms with Crippen LogP contribution in [0.15, 0.2) is 42.2 Å². The Balaban J connectivity index is 2.31. The normalized spacial score (nSPS) is 30.6. The summed E-state index contributed by atoms with van der Waals surface area (Å²) in [6.45, 7) is 8.66. The van der Waals surface area contributed by atoms with E-state index < -0.39 is 5.66 Å². The van der Waals surface area contributed by atoms with Gasteiger partial charge in [-0.25, -0.2) is 0 Å². The van der Waals surface area contributed by atoms with E-state index in [0.29, 0.717) is 5.57 Å². The lowest BCUT2D eigenvalue weighted by atomic mass is 9.83. The number of carbonyl (C=O) groups is 1. The van der Waals surface area contributed by atoms with Gasteiger partial charge >= 0.3 is 0 Å². The first-order valence-electron chi connectivity index (χ1n) is 7.23. The Hall–Kier alpha value is -1.65. The van der Waals surface area contributed by atoms with Gasteiger partial charge in [0.1, 0.15) is 6.26 Å². The molecule has 1 aromatic carbocycles. The highest BCUT2D eigenvalue weighted by Crippen LogP contribution is 2.57. The summed E-state index contributed by atoms with van der Waals surface area (Å²) < 4.78 is 0. The molecule has 21 heavy (non-hydrogen) atoms. The molecule has 2 aliphatic heterocycles. The quantitative estimate of drug-likeness (QED) is 0.783. The highest BCUT2D eigenvalue weighted by atomic mass is 16.7. The van der Waals surface area contributed by atoms with Crippen molar-refractivity contribution in [3.05, 3.63) is 47.7 Å². The van der Waals surface area contributed by atoms with Gasteiger partial charge in [-0.3, -0.25) is 9.69 Å². The molecule has 2 aliphatic rings. The van der Waals surface area contributed by atoms with Crippen LogP contribution in [0.3, 0.4) is 0 Å². The van der Waals surface area contributed by atoms with Crippen LogP contribution in [0.5, 0.6) is 0 Å². The van der Waals surface area contributed by atoms with Gasteiger partial charge in [0.2, 0.25) is 0 Å². The van der Waals surface area contributed by atoms with E-state index in [4.69, 9.17) is 4.84 Å². The summed E-state index contributed by atoms with van der Waals surface area (Å²) >= 11 is 0. The predicted molar refractivity (Wildman–Crippen MR) is 81.1 cm³/mol. The first kappa shape index (κ1) is 14.3. The van der Waals surface area contributed by atoms with Gasteiger partial charge in [0, 0.05) is 5.54 Å². The monoisotopic (exact) mass is 286 g/mol. The second kappa shape index (κ2) is 4.18. The van der Waals surface area contributed by atoms with Crippen LogP contribution in [0.1, 0.15) is 33.3 Å². The summed E-state index contributed by atoms with van der Waals surface area (Å²) in [7, 11) is 2.06. The maximum Gasteiger partial charge on any atom is 0.167 e. The molecule has 0 radical (unpaired) electrons. The van der Waals surface area contributed by atoms with E-state index in [-0.39, 0.29) is 11.1 Å². The number of likely N-dealkylation sites (N-methyl/N-ethyl adjacent to an activating group) is 1. The zero-order valence-electron chi connectivity index (χ0n) is 13.3. The summed E-state index contributed by atoms with van der Waals surface area (Å²) in [6, 6.07) is 10.1. The van der Waals surface area contributed by atoms with E-state index in [1.807, 2.05) is 35.4 Å². The van der Waals surface area contributed by atoms with Gasteiger partial charge in [0.15, 0.2) is 11.9 Å². The molecule has 1 atom stereocenters. The Morgan fingerprint density at radius 3 is 2.24 bits per heavy atom. The minimum atomic E-state index is -0.671. The molecule has 1 unspecified atom stereocenters. The number of aldehydes is 1. The highest BCUT2D eigenvalue weighted by molar-refractivity contribution is 5.78. The number of fused-ring (bicyclic) bond motifs is 1. The molecule has 0 spiro atoms. The fraction of sp³-hybridized carbons (Fsp3) is 0.471. The van der Waals surface area contributed by atoms with Crippen LogP contribution < -0.4 is 0 Å². The number of benzene rings is 1. The topological polar surface area (TPSA) is 32.8 Å². The Morgan fingerprint density at radius 2 is 1.67 bits per heavy atom. The van der Waals surface area contributed by atoms with Gasteiger partial charge in [-0.15, -0.1) is 5.06 Å².